The molecule has 0 fully saturated rings. The van der Waals surface area contributed by atoms with Crippen molar-refractivity contribution in [3.8, 4) is 12.3 Å². The first-order chi connectivity index (χ1) is 4.18. The predicted molar refractivity (Wildman–Crippen MR) is 41.4 cm³/mol. The highest BCUT2D eigenvalue weighted by Crippen LogP contribution is 2.08. The van der Waals surface area contributed by atoms with Crippen molar-refractivity contribution in [1.82, 2.24) is 0 Å². The van der Waals surface area contributed by atoms with E-state index in [0.717, 1.165) is 0 Å². The molecule has 0 N–H and O–H groups in total. The number of halogens is 2. The lowest BCUT2D eigenvalue weighted by Gasteiger charge is -1.98. The molecule has 9 heavy (non-hydrogen) atoms. The van der Waals surface area contributed by atoms with Gasteiger partial charge < -0.3 is 4.74 Å². The van der Waals surface area contributed by atoms with Gasteiger partial charge in [-0.2, -0.15) is 0 Å². The molecule has 0 aliphatic carbocycles. The summed E-state index contributed by atoms with van der Waals surface area (Å²) in [5, 5.41) is 0. The zero-order valence-corrected chi connectivity index (χ0v) is 7.61. The molecule has 0 spiro atoms. The summed E-state index contributed by atoms with van der Waals surface area (Å²) in [4.78, 5) is 10.5. The van der Waals surface area contributed by atoms with Gasteiger partial charge in [-0.1, -0.05) is 37.8 Å². The average Bonchev–Trinajstić information content (AvgIpc) is 1.82. The van der Waals surface area contributed by atoms with E-state index in [4.69, 9.17) is 6.42 Å². The number of carbonyl (C=O) groups excluding carboxylic acids is 1. The first kappa shape index (κ1) is 8.99. The lowest BCUT2D eigenvalue weighted by atomic mass is 10.7. The molecule has 50 valence electrons. The van der Waals surface area contributed by atoms with Crippen molar-refractivity contribution in [1.29, 1.82) is 0 Å². The van der Waals surface area contributed by atoms with Gasteiger partial charge in [0.05, 0.1) is 0 Å². The van der Waals surface area contributed by atoms with E-state index in [1.807, 2.05) is 0 Å². The van der Waals surface area contributed by atoms with E-state index < -0.39 is 9.71 Å². The Balaban J connectivity index is 3.42. The Morgan fingerprint density at radius 2 is 2.33 bits per heavy atom. The minimum atomic E-state index is -0.460. The van der Waals surface area contributed by atoms with E-state index >= 15 is 0 Å². The number of hydrogen-bond donors (Lipinski definition) is 0. The Kier molecular flexibility index (Phi) is 4.83. The second kappa shape index (κ2) is 4.83. The fourth-order valence-electron chi connectivity index (χ4n) is 0.176. The molecule has 2 nitrogen and oxygen atoms in total. The lowest BCUT2D eigenvalue weighted by molar-refractivity contribution is -0.139. The van der Waals surface area contributed by atoms with Gasteiger partial charge in [0.2, 0.25) is 0 Å². The average molecular weight is 256 g/mol. The van der Waals surface area contributed by atoms with Gasteiger partial charge in [0, 0.05) is 0 Å². The van der Waals surface area contributed by atoms with Crippen LogP contribution in [0.3, 0.4) is 0 Å². The van der Waals surface area contributed by atoms with Crippen LogP contribution in [0.4, 0.5) is 0 Å². The van der Waals surface area contributed by atoms with Gasteiger partial charge in [-0.05, 0) is 0 Å². The first-order valence-electron chi connectivity index (χ1n) is 2.06. The van der Waals surface area contributed by atoms with Crippen LogP contribution in [0, 0.1) is 12.3 Å². The van der Waals surface area contributed by atoms with Crippen molar-refractivity contribution in [3.63, 3.8) is 0 Å². The smallest absolute Gasteiger partial charge is 0.331 e. The molecule has 0 saturated carbocycles. The van der Waals surface area contributed by atoms with E-state index in [0.29, 0.717) is 0 Å². The van der Waals surface area contributed by atoms with Crippen molar-refractivity contribution >= 4 is 37.8 Å². The molecule has 0 aromatic carbocycles. The maximum Gasteiger partial charge on any atom is 0.331 e. The molecule has 0 atom stereocenters. The molecule has 0 radical (unpaired) electrons. The Morgan fingerprint density at radius 3 is 2.67 bits per heavy atom. The monoisotopic (exact) mass is 254 g/mol. The van der Waals surface area contributed by atoms with Crippen molar-refractivity contribution in [2.24, 2.45) is 0 Å². The van der Waals surface area contributed by atoms with Crippen molar-refractivity contribution in [2.45, 2.75) is 3.74 Å². The highest BCUT2D eigenvalue weighted by atomic mass is 79.9. The summed E-state index contributed by atoms with van der Waals surface area (Å²) in [6.07, 6.45) is 4.82. The Labute approximate surface area is 70.2 Å². The Morgan fingerprint density at radius 1 is 1.78 bits per heavy atom. The fraction of sp³-hybridized carbons (Fsp3) is 0.400. The normalized spacial score (nSPS) is 8.67. The van der Waals surface area contributed by atoms with Gasteiger partial charge in [-0.3, -0.25) is 0 Å². The zero-order chi connectivity index (χ0) is 7.28. The van der Waals surface area contributed by atoms with E-state index in [1.165, 1.54) is 0 Å². The second-order valence-electron chi connectivity index (χ2n) is 1.11. The third-order valence-corrected chi connectivity index (χ3v) is 1.22. The molecule has 4 heteroatoms. The summed E-state index contributed by atoms with van der Waals surface area (Å²) in [6, 6.07) is 0. The standard InChI is InChI=1S/C5H4Br2O2/c1-2-3-9-5(8)4(6)7/h1,4H,3H2. The van der Waals surface area contributed by atoms with Crippen LogP contribution in [0.15, 0.2) is 0 Å². The van der Waals surface area contributed by atoms with Crippen molar-refractivity contribution in [3.05, 3.63) is 0 Å². The summed E-state index contributed by atoms with van der Waals surface area (Å²) in [6.45, 7) is 0.0204. The van der Waals surface area contributed by atoms with Crippen LogP contribution in [0.2, 0.25) is 0 Å². The van der Waals surface area contributed by atoms with Gasteiger partial charge in [0.1, 0.15) is 0 Å². The van der Waals surface area contributed by atoms with Gasteiger partial charge in [-0.25, -0.2) is 4.79 Å². The molecule has 0 aromatic rings. The van der Waals surface area contributed by atoms with Crippen molar-refractivity contribution in [2.75, 3.05) is 6.61 Å². The van der Waals surface area contributed by atoms with Crippen LogP contribution in [0.1, 0.15) is 0 Å². The van der Waals surface area contributed by atoms with Gasteiger partial charge in [0.15, 0.2) is 10.3 Å². The van der Waals surface area contributed by atoms with Crippen LogP contribution >= 0.6 is 31.9 Å². The lowest BCUT2D eigenvalue weighted by Crippen LogP contribution is -2.11. The molecule has 0 rings (SSSR count). The molecule has 0 aliphatic rings. The Hall–Kier alpha value is -0.0100. The molecule has 0 aromatic heterocycles. The number of hydrogen-bond acceptors (Lipinski definition) is 2. The molecule has 0 amide bonds. The second-order valence-corrected chi connectivity index (χ2v) is 4.17. The molecule has 0 bridgehead atoms. The van der Waals surface area contributed by atoms with Gasteiger partial charge in [0.25, 0.3) is 0 Å². The van der Waals surface area contributed by atoms with Gasteiger partial charge >= 0.3 is 5.97 Å². The maximum atomic E-state index is 10.5. The molecule has 0 aliphatic heterocycles. The highest BCUT2D eigenvalue weighted by Gasteiger charge is 2.09. The third-order valence-electron chi connectivity index (χ3n) is 0.476. The molecule has 0 unspecified atom stereocenters. The van der Waals surface area contributed by atoms with E-state index in [9.17, 15) is 4.79 Å². The fourth-order valence-corrected chi connectivity index (χ4v) is 0.440. The van der Waals surface area contributed by atoms with E-state index in [1.54, 1.807) is 0 Å². The van der Waals surface area contributed by atoms with Crippen LogP contribution in [0.5, 0.6) is 0 Å². The van der Waals surface area contributed by atoms with Crippen molar-refractivity contribution < 1.29 is 9.53 Å². The minimum Gasteiger partial charge on any atom is -0.451 e. The number of carbonyl (C=O) groups is 1. The number of esters is 1. The number of ether oxygens (including phenoxy) is 1. The summed E-state index contributed by atoms with van der Waals surface area (Å²) in [5.74, 6) is 1.76. The molecule has 0 heterocycles. The number of rotatable bonds is 2. The van der Waals surface area contributed by atoms with Gasteiger partial charge in [-0.15, -0.1) is 6.42 Å². The van der Waals surface area contributed by atoms with E-state index in [-0.39, 0.29) is 6.61 Å². The first-order valence-corrected chi connectivity index (χ1v) is 3.90. The highest BCUT2D eigenvalue weighted by molar-refractivity contribution is 9.25. The van der Waals surface area contributed by atoms with Crippen LogP contribution in [-0.2, 0) is 9.53 Å². The summed E-state index contributed by atoms with van der Waals surface area (Å²) in [5.41, 5.74) is 0. The largest absolute Gasteiger partial charge is 0.451 e. The quantitative estimate of drug-likeness (QED) is 0.422. The number of terminal acetylenes is 1. The number of alkyl halides is 2. The topological polar surface area (TPSA) is 26.3 Å². The SMILES string of the molecule is C#CCOC(=O)C(Br)Br. The van der Waals surface area contributed by atoms with Crippen LogP contribution in [0.25, 0.3) is 0 Å². The van der Waals surface area contributed by atoms with E-state index in [2.05, 4.69) is 42.5 Å². The predicted octanol–water partition coefficient (Wildman–Crippen LogP) is 1.28. The maximum absolute atomic E-state index is 10.5. The summed E-state index contributed by atoms with van der Waals surface area (Å²) >= 11 is 5.89. The molecule has 0 saturated heterocycles. The minimum absolute atomic E-state index is 0.0204. The molecular weight excluding hydrogens is 252 g/mol. The third kappa shape index (κ3) is 4.49. The molecular formula is C5H4Br2O2. The summed E-state index contributed by atoms with van der Waals surface area (Å²) in [7, 11) is 0. The zero-order valence-electron chi connectivity index (χ0n) is 4.43. The Bertz CT molecular complexity index is 136. The summed E-state index contributed by atoms with van der Waals surface area (Å²) < 4.78 is 4.02. The van der Waals surface area contributed by atoms with Crippen LogP contribution < -0.4 is 0 Å². The van der Waals surface area contributed by atoms with Crippen LogP contribution in [-0.4, -0.2) is 16.3 Å².